The van der Waals surface area contributed by atoms with Gasteiger partial charge in [0.2, 0.25) is 0 Å². The van der Waals surface area contributed by atoms with E-state index in [4.69, 9.17) is 10.5 Å². The zero-order valence-electron chi connectivity index (χ0n) is 21.5. The Morgan fingerprint density at radius 2 is 1.86 bits per heavy atom. The van der Waals surface area contributed by atoms with Crippen molar-refractivity contribution in [3.05, 3.63) is 83.3 Å². The SMILES string of the molecule is CN=C/C=C(\N)C1=CCC=C(OC[C@@H]2CCCC[C@@H](C(=O)CCCCC(=O)c3ccccc3)C2)C=C1.[HH]. The van der Waals surface area contributed by atoms with Gasteiger partial charge in [-0.2, -0.15) is 0 Å². The monoisotopic (exact) mass is 490 g/mol. The highest BCUT2D eigenvalue weighted by Crippen LogP contribution is 2.30. The number of unbranched alkanes of at least 4 members (excludes halogenated alkanes) is 1. The molecular formula is C31H42N2O3. The van der Waals surface area contributed by atoms with Gasteiger partial charge >= 0.3 is 0 Å². The number of nitrogens with two attached hydrogens (primary N) is 1. The summed E-state index contributed by atoms with van der Waals surface area (Å²) in [6.45, 7) is 0.634. The quantitative estimate of drug-likeness (QED) is 0.152. The lowest BCUT2D eigenvalue weighted by molar-refractivity contribution is -0.123. The highest BCUT2D eigenvalue weighted by molar-refractivity contribution is 5.96. The van der Waals surface area contributed by atoms with Crippen molar-refractivity contribution in [3.63, 3.8) is 0 Å². The summed E-state index contributed by atoms with van der Waals surface area (Å²) in [6, 6.07) is 9.39. The number of aliphatic imine (C=N–C) groups is 1. The molecule has 0 bridgehead atoms. The van der Waals surface area contributed by atoms with Crippen molar-refractivity contribution >= 4 is 17.8 Å². The van der Waals surface area contributed by atoms with Crippen molar-refractivity contribution in [2.24, 2.45) is 22.6 Å². The van der Waals surface area contributed by atoms with Gasteiger partial charge in [-0.1, -0.05) is 49.2 Å². The number of carbonyl (C=O) groups is 2. The molecule has 0 radical (unpaired) electrons. The molecule has 0 unspecified atom stereocenters. The zero-order valence-corrected chi connectivity index (χ0v) is 21.5. The van der Waals surface area contributed by atoms with Crippen molar-refractivity contribution in [3.8, 4) is 0 Å². The number of carbonyl (C=O) groups excluding carboxylic acids is 2. The lowest BCUT2D eigenvalue weighted by Crippen LogP contribution is -2.19. The van der Waals surface area contributed by atoms with Crippen LogP contribution in [-0.2, 0) is 9.53 Å². The maximum Gasteiger partial charge on any atom is 0.162 e. The number of allylic oxidation sites excluding steroid dienone is 5. The lowest BCUT2D eigenvalue weighted by atomic mass is 9.88. The van der Waals surface area contributed by atoms with Gasteiger partial charge in [0.25, 0.3) is 0 Å². The van der Waals surface area contributed by atoms with Gasteiger partial charge in [-0.3, -0.25) is 14.6 Å². The normalized spacial score (nSPS) is 20.9. The van der Waals surface area contributed by atoms with Crippen LogP contribution >= 0.6 is 0 Å². The Morgan fingerprint density at radius 3 is 2.67 bits per heavy atom. The van der Waals surface area contributed by atoms with Crippen molar-refractivity contribution in [1.29, 1.82) is 0 Å². The third-order valence-electron chi connectivity index (χ3n) is 6.97. The first-order chi connectivity index (χ1) is 17.6. The van der Waals surface area contributed by atoms with E-state index in [1.807, 2.05) is 42.5 Å². The molecule has 0 aromatic heterocycles. The summed E-state index contributed by atoms with van der Waals surface area (Å²) in [5.41, 5.74) is 8.53. The molecule has 0 spiro atoms. The number of ether oxygens (including phenoxy) is 1. The number of rotatable bonds is 12. The van der Waals surface area contributed by atoms with Gasteiger partial charge in [-0.05, 0) is 74.3 Å². The fourth-order valence-electron chi connectivity index (χ4n) is 4.86. The van der Waals surface area contributed by atoms with Crippen LogP contribution in [0.5, 0.6) is 0 Å². The van der Waals surface area contributed by atoms with Crippen LogP contribution in [0.1, 0.15) is 76.0 Å². The number of hydrogen-bond donors (Lipinski definition) is 1. The molecule has 0 aliphatic heterocycles. The summed E-state index contributed by atoms with van der Waals surface area (Å²) in [4.78, 5) is 29.2. The Hall–Kier alpha value is -3.21. The maximum atomic E-state index is 13.0. The van der Waals surface area contributed by atoms with Gasteiger partial charge < -0.3 is 10.5 Å². The highest BCUT2D eigenvalue weighted by atomic mass is 16.5. The molecule has 194 valence electrons. The van der Waals surface area contributed by atoms with E-state index in [1.165, 1.54) is 0 Å². The van der Waals surface area contributed by atoms with Crippen LogP contribution in [0.3, 0.4) is 0 Å². The molecule has 36 heavy (non-hydrogen) atoms. The second-order valence-electron chi connectivity index (χ2n) is 9.72. The summed E-state index contributed by atoms with van der Waals surface area (Å²) in [5, 5.41) is 0. The Kier molecular flexibility index (Phi) is 11.4. The fraction of sp³-hybridized carbons (Fsp3) is 0.452. The summed E-state index contributed by atoms with van der Waals surface area (Å²) in [7, 11) is 1.72. The van der Waals surface area contributed by atoms with E-state index in [2.05, 4.69) is 17.1 Å². The van der Waals surface area contributed by atoms with E-state index in [9.17, 15) is 9.59 Å². The van der Waals surface area contributed by atoms with E-state index in [0.717, 1.165) is 68.3 Å². The minimum Gasteiger partial charge on any atom is -0.494 e. The minimum absolute atomic E-state index is 0. The molecule has 5 nitrogen and oxygen atoms in total. The van der Waals surface area contributed by atoms with Gasteiger partial charge in [-0.25, -0.2) is 0 Å². The van der Waals surface area contributed by atoms with Crippen LogP contribution in [0.2, 0.25) is 0 Å². The molecule has 0 heterocycles. The van der Waals surface area contributed by atoms with Crippen LogP contribution in [0.25, 0.3) is 0 Å². The topological polar surface area (TPSA) is 81.8 Å². The molecule has 1 aromatic rings. The first-order valence-corrected chi connectivity index (χ1v) is 13.3. The van der Waals surface area contributed by atoms with Gasteiger partial charge in [0, 0.05) is 44.7 Å². The van der Waals surface area contributed by atoms with Crippen LogP contribution < -0.4 is 5.73 Å². The van der Waals surface area contributed by atoms with E-state index < -0.39 is 0 Å². The van der Waals surface area contributed by atoms with Crippen LogP contribution in [-0.4, -0.2) is 31.4 Å². The van der Waals surface area contributed by atoms with Crippen LogP contribution in [0.15, 0.2) is 82.7 Å². The molecule has 1 aromatic carbocycles. The average Bonchev–Trinajstić information content (AvgIpc) is 3.30. The van der Waals surface area contributed by atoms with Gasteiger partial charge in [0.15, 0.2) is 5.78 Å². The largest absolute Gasteiger partial charge is 0.494 e. The standard InChI is InChI=1S/C31H40N2O3.H2/c1-33-21-20-29(32)25-14-9-15-28(19-18-25)36-23-24-10-5-6-13-27(22-24)31(35)17-8-7-16-30(34)26-11-3-2-4-12-26;/h2-4,11-12,14-15,18-21,24,27H,5-10,13,16-17,22-23,32H2,1H3;1H/b29-20-,33-21?;/t24-,27-;/m1./s1. The predicted molar refractivity (Wildman–Crippen MR) is 149 cm³/mol. The van der Waals surface area contributed by atoms with Gasteiger partial charge in [0.1, 0.15) is 11.5 Å². The second kappa shape index (κ2) is 15.0. The van der Waals surface area contributed by atoms with E-state index >= 15 is 0 Å². The minimum atomic E-state index is 0. The Morgan fingerprint density at radius 1 is 1.08 bits per heavy atom. The summed E-state index contributed by atoms with van der Waals surface area (Å²) in [5.74, 6) is 1.87. The summed E-state index contributed by atoms with van der Waals surface area (Å²) in [6.07, 6.45) is 20.2. The zero-order chi connectivity index (χ0) is 25.6. The first-order valence-electron chi connectivity index (χ1n) is 13.3. The molecule has 2 aliphatic carbocycles. The molecule has 5 heteroatoms. The smallest absolute Gasteiger partial charge is 0.162 e. The molecule has 3 rings (SSSR count). The van der Waals surface area contributed by atoms with Crippen molar-refractivity contribution in [2.45, 2.75) is 64.2 Å². The van der Waals surface area contributed by atoms with Gasteiger partial charge in [-0.15, -0.1) is 0 Å². The van der Waals surface area contributed by atoms with Crippen molar-refractivity contribution < 1.29 is 15.8 Å². The average molecular weight is 491 g/mol. The number of ketones is 2. The van der Waals surface area contributed by atoms with E-state index in [-0.39, 0.29) is 13.1 Å². The molecule has 1 saturated carbocycles. The summed E-state index contributed by atoms with van der Waals surface area (Å²) < 4.78 is 6.17. The molecule has 2 N–H and O–H groups in total. The lowest BCUT2D eigenvalue weighted by Gasteiger charge is -2.20. The molecule has 0 saturated heterocycles. The summed E-state index contributed by atoms with van der Waals surface area (Å²) >= 11 is 0. The molecule has 2 atom stereocenters. The third kappa shape index (κ3) is 9.10. The Labute approximate surface area is 217 Å². The van der Waals surface area contributed by atoms with Crippen LogP contribution in [0, 0.1) is 11.8 Å². The predicted octanol–water partition coefficient (Wildman–Crippen LogP) is 6.77. The van der Waals surface area contributed by atoms with Crippen molar-refractivity contribution in [2.75, 3.05) is 13.7 Å². The first kappa shape index (κ1) is 27.4. The third-order valence-corrected chi connectivity index (χ3v) is 6.97. The van der Waals surface area contributed by atoms with E-state index in [1.54, 1.807) is 19.3 Å². The Balaban J connectivity index is 0.00000481. The molecule has 0 amide bonds. The second-order valence-corrected chi connectivity index (χ2v) is 9.72. The maximum absolute atomic E-state index is 13.0. The number of benzene rings is 1. The molecule has 2 aliphatic rings. The van der Waals surface area contributed by atoms with Crippen molar-refractivity contribution in [1.82, 2.24) is 0 Å². The number of Topliss-reactive ketones (excluding diaryl/α,β-unsaturated/α-hetero) is 2. The molecule has 1 fully saturated rings. The Bertz CT molecular complexity index is 1020. The number of nitrogens with zero attached hydrogens (tertiary/aromatic N) is 1. The molecular weight excluding hydrogens is 448 g/mol. The fourth-order valence-corrected chi connectivity index (χ4v) is 4.86. The number of hydrogen-bond acceptors (Lipinski definition) is 5. The van der Waals surface area contributed by atoms with Gasteiger partial charge in [0.05, 0.1) is 6.61 Å². The highest BCUT2D eigenvalue weighted by Gasteiger charge is 2.25. The van der Waals surface area contributed by atoms with Crippen LogP contribution in [0.4, 0.5) is 0 Å². The van der Waals surface area contributed by atoms with E-state index in [0.29, 0.717) is 36.8 Å².